The molecule has 0 atom stereocenters. The van der Waals surface area contributed by atoms with Crippen LogP contribution in [0.1, 0.15) is 63.8 Å². The maximum Gasteiger partial charge on any atom is 0.124 e. The van der Waals surface area contributed by atoms with Crippen LogP contribution in [0.25, 0.3) is 0 Å². The molecule has 2 aromatic carbocycles. The zero-order valence-electron chi connectivity index (χ0n) is 18.2. The molecular formula is C24H32FeN2O2. The van der Waals surface area contributed by atoms with Gasteiger partial charge in [-0.15, -0.1) is 0 Å². The van der Waals surface area contributed by atoms with Gasteiger partial charge in [0.1, 0.15) is 11.5 Å². The molecule has 0 unspecified atom stereocenters. The van der Waals surface area contributed by atoms with E-state index in [0.29, 0.717) is 24.2 Å². The van der Waals surface area contributed by atoms with E-state index in [-0.39, 0.29) is 39.4 Å². The molecule has 0 radical (unpaired) electrons. The summed E-state index contributed by atoms with van der Waals surface area (Å²) in [5, 5.41) is 20.3. The number of aliphatic imine (C=N–C) groups is 2. The minimum absolute atomic E-state index is 0. The predicted molar refractivity (Wildman–Crippen MR) is 119 cm³/mol. The van der Waals surface area contributed by atoms with Gasteiger partial charge in [0.25, 0.3) is 0 Å². The van der Waals surface area contributed by atoms with Gasteiger partial charge in [0.2, 0.25) is 0 Å². The van der Waals surface area contributed by atoms with Crippen LogP contribution in [0.5, 0.6) is 11.5 Å². The molecule has 0 aromatic heterocycles. The molecule has 0 aliphatic carbocycles. The van der Waals surface area contributed by atoms with Crippen LogP contribution in [0, 0.1) is 0 Å². The maximum atomic E-state index is 10.2. The third-order valence-electron chi connectivity index (χ3n) is 4.61. The van der Waals surface area contributed by atoms with Gasteiger partial charge in [-0.1, -0.05) is 53.7 Å². The zero-order valence-corrected chi connectivity index (χ0v) is 19.3. The number of aromatic hydroxyl groups is 2. The van der Waals surface area contributed by atoms with Gasteiger partial charge in [-0.3, -0.25) is 9.98 Å². The molecule has 4 nitrogen and oxygen atoms in total. The van der Waals surface area contributed by atoms with Crippen molar-refractivity contribution in [3.63, 3.8) is 0 Å². The van der Waals surface area contributed by atoms with Crippen molar-refractivity contribution in [3.05, 3.63) is 58.7 Å². The average Bonchev–Trinajstić information content (AvgIpc) is 2.58. The number of hydrogen-bond acceptors (Lipinski definition) is 4. The molecule has 0 saturated heterocycles. The molecule has 0 fully saturated rings. The maximum absolute atomic E-state index is 10.2. The number of rotatable bonds is 5. The Morgan fingerprint density at radius 2 is 1.03 bits per heavy atom. The second-order valence-electron chi connectivity index (χ2n) is 9.12. The third-order valence-corrected chi connectivity index (χ3v) is 4.61. The van der Waals surface area contributed by atoms with E-state index >= 15 is 0 Å². The summed E-state index contributed by atoms with van der Waals surface area (Å²) < 4.78 is 0. The van der Waals surface area contributed by atoms with Gasteiger partial charge >= 0.3 is 0 Å². The van der Waals surface area contributed by atoms with E-state index < -0.39 is 0 Å². The molecule has 0 spiro atoms. The van der Waals surface area contributed by atoms with Crippen molar-refractivity contribution in [1.82, 2.24) is 0 Å². The first-order valence-electron chi connectivity index (χ1n) is 9.65. The Labute approximate surface area is 185 Å². The monoisotopic (exact) mass is 436 g/mol. The summed E-state index contributed by atoms with van der Waals surface area (Å²) in [5.41, 5.74) is 3.57. The first-order chi connectivity index (χ1) is 13.0. The molecule has 0 aliphatic rings. The molecular weight excluding hydrogens is 404 g/mol. The normalized spacial score (nSPS) is 12.5. The summed E-state index contributed by atoms with van der Waals surface area (Å²) >= 11 is 0. The second-order valence-corrected chi connectivity index (χ2v) is 9.12. The fourth-order valence-electron chi connectivity index (χ4n) is 2.68. The second kappa shape index (κ2) is 10.1. The minimum atomic E-state index is -0.00148. The Balaban J connectivity index is 0.00000420. The van der Waals surface area contributed by atoms with E-state index in [4.69, 9.17) is 0 Å². The summed E-state index contributed by atoms with van der Waals surface area (Å²) in [7, 11) is 0. The van der Waals surface area contributed by atoms with Crippen LogP contribution >= 0.6 is 0 Å². The average molecular weight is 436 g/mol. The van der Waals surface area contributed by atoms with Crippen molar-refractivity contribution in [2.75, 3.05) is 13.1 Å². The Kier molecular flexibility index (Phi) is 8.67. The zero-order chi connectivity index (χ0) is 20.9. The van der Waals surface area contributed by atoms with Gasteiger partial charge in [0.05, 0.1) is 13.1 Å². The molecule has 0 bridgehead atoms. The van der Waals surface area contributed by atoms with Crippen molar-refractivity contribution >= 4 is 12.4 Å². The molecule has 5 heteroatoms. The van der Waals surface area contributed by atoms with E-state index in [0.717, 1.165) is 11.1 Å². The molecule has 0 heterocycles. The van der Waals surface area contributed by atoms with Crippen molar-refractivity contribution < 1.29 is 27.3 Å². The fraction of sp³-hybridized carbons (Fsp3) is 0.417. The standard InChI is InChI=1S/C24H32N2O2.Fe/c1-23(2,3)19-9-7-17(21(27)13-19)15-25-11-12-26-16-18-8-10-20(14-22(18)28)24(4,5)6;/h7-10,13-16,27-28H,11-12H2,1-6H3;. The first kappa shape index (κ1) is 24.9. The van der Waals surface area contributed by atoms with Gasteiger partial charge in [0, 0.05) is 40.6 Å². The molecule has 2 N–H and O–H groups in total. The van der Waals surface area contributed by atoms with Gasteiger partial charge in [-0.05, 0) is 46.2 Å². The minimum Gasteiger partial charge on any atom is -0.507 e. The molecule has 0 aliphatic heterocycles. The Morgan fingerprint density at radius 3 is 1.31 bits per heavy atom. The smallest absolute Gasteiger partial charge is 0.124 e. The van der Waals surface area contributed by atoms with Crippen molar-refractivity contribution in [2.24, 2.45) is 9.98 Å². The summed E-state index contributed by atoms with van der Waals surface area (Å²) in [5.74, 6) is 0.479. The van der Waals surface area contributed by atoms with Crippen molar-refractivity contribution in [2.45, 2.75) is 52.4 Å². The Hall–Kier alpha value is -2.10. The van der Waals surface area contributed by atoms with Gasteiger partial charge in [-0.2, -0.15) is 0 Å². The van der Waals surface area contributed by atoms with Crippen LogP contribution in [-0.4, -0.2) is 35.7 Å². The van der Waals surface area contributed by atoms with E-state index in [1.165, 1.54) is 0 Å². The van der Waals surface area contributed by atoms with Gasteiger partial charge in [0.15, 0.2) is 0 Å². The van der Waals surface area contributed by atoms with Crippen LogP contribution in [0.15, 0.2) is 46.4 Å². The third kappa shape index (κ3) is 7.34. The number of phenolic OH excluding ortho intramolecular Hbond substituents is 2. The SMILES string of the molecule is CC(C)(C)c1ccc(C=NCCN=Cc2ccc(C(C)(C)C)cc2O)c(O)c1.[Fe]. The van der Waals surface area contributed by atoms with Crippen LogP contribution in [-0.2, 0) is 27.9 Å². The fourth-order valence-corrected chi connectivity index (χ4v) is 2.68. The topological polar surface area (TPSA) is 65.2 Å². The first-order valence-corrected chi connectivity index (χ1v) is 9.65. The van der Waals surface area contributed by atoms with Crippen LogP contribution < -0.4 is 0 Å². The van der Waals surface area contributed by atoms with Gasteiger partial charge < -0.3 is 10.2 Å². The summed E-state index contributed by atoms with van der Waals surface area (Å²) in [6, 6.07) is 11.4. The Morgan fingerprint density at radius 1 is 0.690 bits per heavy atom. The summed E-state index contributed by atoms with van der Waals surface area (Å²) in [6.45, 7) is 13.7. The quantitative estimate of drug-likeness (QED) is 0.383. The summed E-state index contributed by atoms with van der Waals surface area (Å²) in [6.07, 6.45) is 3.35. The molecule has 0 saturated carbocycles. The molecule has 158 valence electrons. The number of nitrogens with zero attached hydrogens (tertiary/aromatic N) is 2. The van der Waals surface area contributed by atoms with Crippen molar-refractivity contribution in [1.29, 1.82) is 0 Å². The van der Waals surface area contributed by atoms with Crippen LogP contribution in [0.3, 0.4) is 0 Å². The van der Waals surface area contributed by atoms with E-state index in [2.05, 4.69) is 51.5 Å². The molecule has 2 aromatic rings. The van der Waals surface area contributed by atoms with E-state index in [1.807, 2.05) is 24.3 Å². The molecule has 29 heavy (non-hydrogen) atoms. The molecule has 0 amide bonds. The summed E-state index contributed by atoms with van der Waals surface area (Å²) in [4.78, 5) is 8.67. The van der Waals surface area contributed by atoms with Crippen molar-refractivity contribution in [3.8, 4) is 11.5 Å². The van der Waals surface area contributed by atoms with Gasteiger partial charge in [-0.25, -0.2) is 0 Å². The van der Waals surface area contributed by atoms with Crippen LogP contribution in [0.4, 0.5) is 0 Å². The number of phenols is 2. The predicted octanol–water partition coefficient (Wildman–Crippen LogP) is 5.23. The van der Waals surface area contributed by atoms with Crippen LogP contribution in [0.2, 0.25) is 0 Å². The van der Waals surface area contributed by atoms with E-state index in [9.17, 15) is 10.2 Å². The number of hydrogen-bond donors (Lipinski definition) is 2. The Bertz CT molecular complexity index is 802. The number of benzene rings is 2. The molecule has 2 rings (SSSR count). The largest absolute Gasteiger partial charge is 0.507 e. The van der Waals surface area contributed by atoms with E-state index in [1.54, 1.807) is 24.6 Å².